The highest BCUT2D eigenvalue weighted by Crippen LogP contribution is 2.37. The first-order valence-electron chi connectivity index (χ1n) is 11.6. The van der Waals surface area contributed by atoms with Crippen molar-refractivity contribution in [1.82, 2.24) is 0 Å². The third-order valence-corrected chi connectivity index (χ3v) is 6.57. The van der Waals surface area contributed by atoms with E-state index in [2.05, 4.69) is 25.1 Å². The molecule has 0 aromatic heterocycles. The zero-order valence-electron chi connectivity index (χ0n) is 18.6. The Morgan fingerprint density at radius 3 is 2.03 bits per heavy atom. The van der Waals surface area contributed by atoms with Crippen molar-refractivity contribution in [3.8, 4) is 22.9 Å². The molecule has 3 aromatic rings. The lowest BCUT2D eigenvalue weighted by Crippen LogP contribution is -2.13. The molecular formula is C29H29NO2. The summed E-state index contributed by atoms with van der Waals surface area (Å²) in [5.41, 5.74) is 4.57. The molecule has 3 aromatic carbocycles. The molecular weight excluding hydrogens is 394 g/mol. The van der Waals surface area contributed by atoms with Gasteiger partial charge in [0.05, 0.1) is 17.2 Å². The van der Waals surface area contributed by atoms with Crippen LogP contribution in [0.5, 0.6) is 5.75 Å². The average molecular weight is 424 g/mol. The molecule has 1 aliphatic carbocycles. The molecule has 0 heterocycles. The summed E-state index contributed by atoms with van der Waals surface area (Å²) in [4.78, 5) is 12.6. The first-order valence-corrected chi connectivity index (χ1v) is 11.6. The molecule has 0 atom stereocenters. The van der Waals surface area contributed by atoms with Crippen LogP contribution in [-0.4, -0.2) is 5.97 Å². The van der Waals surface area contributed by atoms with Crippen molar-refractivity contribution in [3.63, 3.8) is 0 Å². The summed E-state index contributed by atoms with van der Waals surface area (Å²) in [7, 11) is 0. The molecule has 0 amide bonds. The second kappa shape index (κ2) is 10.3. The quantitative estimate of drug-likeness (QED) is 0.304. The van der Waals surface area contributed by atoms with E-state index in [0.717, 1.165) is 17.0 Å². The van der Waals surface area contributed by atoms with Gasteiger partial charge in [-0.15, -0.1) is 0 Å². The Labute approximate surface area is 190 Å². The van der Waals surface area contributed by atoms with Crippen LogP contribution >= 0.6 is 0 Å². The van der Waals surface area contributed by atoms with Gasteiger partial charge in [0.1, 0.15) is 5.75 Å². The van der Waals surface area contributed by atoms with Crippen molar-refractivity contribution in [2.45, 2.75) is 51.4 Å². The molecule has 0 spiro atoms. The van der Waals surface area contributed by atoms with E-state index in [4.69, 9.17) is 10.00 Å². The minimum atomic E-state index is -0.339. The second-order valence-corrected chi connectivity index (χ2v) is 8.73. The predicted octanol–water partition coefficient (Wildman–Crippen LogP) is 7.52. The van der Waals surface area contributed by atoms with Crippen LogP contribution < -0.4 is 4.74 Å². The number of carbonyl (C=O) groups excluding carboxylic acids is 1. The van der Waals surface area contributed by atoms with Crippen LogP contribution in [0.1, 0.15) is 72.9 Å². The van der Waals surface area contributed by atoms with E-state index in [-0.39, 0.29) is 5.97 Å². The highest BCUT2D eigenvalue weighted by Gasteiger charge is 2.22. The fraction of sp³-hybridized carbons (Fsp3) is 0.310. The highest BCUT2D eigenvalue weighted by molar-refractivity contribution is 5.91. The summed E-state index contributed by atoms with van der Waals surface area (Å²) >= 11 is 0. The molecule has 0 aliphatic heterocycles. The fourth-order valence-corrected chi connectivity index (χ4v) is 4.70. The van der Waals surface area contributed by atoms with Crippen molar-refractivity contribution in [1.29, 1.82) is 5.26 Å². The van der Waals surface area contributed by atoms with E-state index in [9.17, 15) is 4.79 Å². The van der Waals surface area contributed by atoms with Crippen LogP contribution in [-0.2, 0) is 0 Å². The number of carbonyl (C=O) groups is 1. The lowest BCUT2D eigenvalue weighted by molar-refractivity contribution is 0.0734. The minimum absolute atomic E-state index is 0.339. The third kappa shape index (κ3) is 5.26. The van der Waals surface area contributed by atoms with Gasteiger partial charge in [-0.3, -0.25) is 0 Å². The Bertz CT molecular complexity index is 1070. The number of rotatable bonds is 6. The number of hydrogen-bond donors (Lipinski definition) is 0. The molecule has 0 N–H and O–H groups in total. The third-order valence-electron chi connectivity index (χ3n) is 6.57. The van der Waals surface area contributed by atoms with Crippen LogP contribution in [0, 0.1) is 17.2 Å². The van der Waals surface area contributed by atoms with Crippen molar-refractivity contribution in [2.24, 2.45) is 5.92 Å². The summed E-state index contributed by atoms with van der Waals surface area (Å²) in [6.45, 7) is 2.27. The van der Waals surface area contributed by atoms with E-state index >= 15 is 0 Å². The lowest BCUT2D eigenvalue weighted by Gasteiger charge is -2.28. The molecule has 0 bridgehead atoms. The first-order chi connectivity index (χ1) is 15.7. The van der Waals surface area contributed by atoms with Crippen LogP contribution in [0.3, 0.4) is 0 Å². The van der Waals surface area contributed by atoms with Gasteiger partial charge in [-0.2, -0.15) is 5.26 Å². The van der Waals surface area contributed by atoms with Gasteiger partial charge in [0.15, 0.2) is 0 Å². The Hall–Kier alpha value is -3.38. The number of nitrogens with zero attached hydrogens (tertiary/aromatic N) is 1. The van der Waals surface area contributed by atoms with Gasteiger partial charge in [-0.25, -0.2) is 4.79 Å². The van der Waals surface area contributed by atoms with Crippen LogP contribution in [0.15, 0.2) is 72.8 Å². The fourth-order valence-electron chi connectivity index (χ4n) is 4.70. The summed E-state index contributed by atoms with van der Waals surface area (Å²) in [5, 5.41) is 8.92. The lowest BCUT2D eigenvalue weighted by atomic mass is 9.77. The topological polar surface area (TPSA) is 50.1 Å². The summed E-state index contributed by atoms with van der Waals surface area (Å²) < 4.78 is 5.57. The summed E-state index contributed by atoms with van der Waals surface area (Å²) in [6, 6.07) is 24.9. The van der Waals surface area contributed by atoms with E-state index in [1.54, 1.807) is 24.3 Å². The van der Waals surface area contributed by atoms with E-state index in [0.29, 0.717) is 22.8 Å². The van der Waals surface area contributed by atoms with E-state index in [1.165, 1.54) is 44.1 Å². The van der Waals surface area contributed by atoms with E-state index in [1.807, 2.05) is 36.4 Å². The van der Waals surface area contributed by atoms with Crippen LogP contribution in [0.4, 0.5) is 0 Å². The van der Waals surface area contributed by atoms with Crippen LogP contribution in [0.2, 0.25) is 0 Å². The normalized spacial score (nSPS) is 18.0. The van der Waals surface area contributed by atoms with Gasteiger partial charge in [0.25, 0.3) is 0 Å². The van der Waals surface area contributed by atoms with Gasteiger partial charge < -0.3 is 4.74 Å². The van der Waals surface area contributed by atoms with Crippen molar-refractivity contribution in [2.75, 3.05) is 0 Å². The number of nitriles is 1. The van der Waals surface area contributed by atoms with Crippen molar-refractivity contribution < 1.29 is 9.53 Å². The molecule has 4 rings (SSSR count). The predicted molar refractivity (Wildman–Crippen MR) is 128 cm³/mol. The monoisotopic (exact) mass is 423 g/mol. The van der Waals surface area contributed by atoms with Gasteiger partial charge in [-0.1, -0.05) is 56.2 Å². The molecule has 1 saturated carbocycles. The maximum Gasteiger partial charge on any atom is 0.343 e. The minimum Gasteiger partial charge on any atom is -0.423 e. The molecule has 3 nitrogen and oxygen atoms in total. The SMILES string of the molecule is CCC[C@H]1CC[C@H](c2ccc(C(=O)Oc3ccc(-c4ccc(C#N)cc4)cc3)cc2)CC1. The molecule has 162 valence electrons. The molecule has 0 unspecified atom stereocenters. The smallest absolute Gasteiger partial charge is 0.343 e. The standard InChI is InChI=1S/C29H29NO2/c1-2-3-21-4-8-23(9-5-21)25-12-14-27(15-13-25)29(31)32-28-18-16-26(17-19-28)24-10-6-22(20-30)7-11-24/h6-7,10-19,21,23H,2-5,8-9H2,1H3/t21-,23-. The maximum atomic E-state index is 12.6. The number of benzene rings is 3. The summed E-state index contributed by atoms with van der Waals surface area (Å²) in [5.74, 6) is 1.69. The number of hydrogen-bond acceptors (Lipinski definition) is 3. The highest BCUT2D eigenvalue weighted by atomic mass is 16.5. The largest absolute Gasteiger partial charge is 0.423 e. The van der Waals surface area contributed by atoms with Gasteiger partial charge >= 0.3 is 5.97 Å². The zero-order chi connectivity index (χ0) is 22.3. The Morgan fingerprint density at radius 1 is 0.875 bits per heavy atom. The molecule has 3 heteroatoms. The number of esters is 1. The zero-order valence-corrected chi connectivity index (χ0v) is 18.6. The summed E-state index contributed by atoms with van der Waals surface area (Å²) in [6.07, 6.45) is 7.78. The van der Waals surface area contributed by atoms with Gasteiger partial charge in [0.2, 0.25) is 0 Å². The van der Waals surface area contributed by atoms with Crippen LogP contribution in [0.25, 0.3) is 11.1 Å². The average Bonchev–Trinajstić information content (AvgIpc) is 2.85. The maximum absolute atomic E-state index is 12.6. The van der Waals surface area contributed by atoms with Gasteiger partial charge in [-0.05, 0) is 90.6 Å². The molecule has 1 aliphatic rings. The Kier molecular flexibility index (Phi) is 7.02. The van der Waals surface area contributed by atoms with Crippen molar-refractivity contribution >= 4 is 5.97 Å². The Morgan fingerprint density at radius 2 is 1.47 bits per heavy atom. The molecule has 0 radical (unpaired) electrons. The molecule has 32 heavy (non-hydrogen) atoms. The van der Waals surface area contributed by atoms with Crippen molar-refractivity contribution in [3.05, 3.63) is 89.5 Å². The van der Waals surface area contributed by atoms with E-state index < -0.39 is 0 Å². The van der Waals surface area contributed by atoms with Gasteiger partial charge in [0, 0.05) is 0 Å². The molecule has 0 saturated heterocycles. The molecule has 1 fully saturated rings. The first kappa shape index (κ1) is 21.8. The number of ether oxygens (including phenoxy) is 1. The Balaban J connectivity index is 1.35. The second-order valence-electron chi connectivity index (χ2n) is 8.73.